The van der Waals surface area contributed by atoms with E-state index in [1.807, 2.05) is 19.2 Å². The molecule has 136 valence electrons. The van der Waals surface area contributed by atoms with Crippen LogP contribution in [0.2, 0.25) is 0 Å². The number of nitrogens with two attached hydrogens (primary N) is 1. The first-order chi connectivity index (χ1) is 12.6. The molecule has 2 aromatic heterocycles. The third kappa shape index (κ3) is 2.58. The molecular formula is C18H22N6O2. The van der Waals surface area contributed by atoms with E-state index in [0.29, 0.717) is 17.7 Å². The maximum absolute atomic E-state index is 6.10. The number of anilines is 2. The van der Waals surface area contributed by atoms with Crippen molar-refractivity contribution in [2.24, 2.45) is 7.05 Å². The Balaban J connectivity index is 1.65. The lowest BCUT2D eigenvalue weighted by Gasteiger charge is -2.19. The van der Waals surface area contributed by atoms with Gasteiger partial charge in [-0.05, 0) is 12.5 Å². The van der Waals surface area contributed by atoms with Crippen molar-refractivity contribution in [1.29, 1.82) is 0 Å². The molecule has 3 heterocycles. The van der Waals surface area contributed by atoms with Crippen LogP contribution in [0, 0.1) is 0 Å². The van der Waals surface area contributed by atoms with Crippen LogP contribution in [-0.4, -0.2) is 47.1 Å². The fourth-order valence-corrected chi connectivity index (χ4v) is 3.60. The number of hydrogen-bond donors (Lipinski definition) is 1. The van der Waals surface area contributed by atoms with E-state index in [0.717, 1.165) is 47.6 Å². The average Bonchev–Trinajstić information content (AvgIpc) is 3.28. The van der Waals surface area contributed by atoms with Gasteiger partial charge in [-0.25, -0.2) is 0 Å². The van der Waals surface area contributed by atoms with Crippen LogP contribution in [0.4, 0.5) is 11.8 Å². The number of methoxy groups -OCH3 is 2. The zero-order valence-corrected chi connectivity index (χ0v) is 15.1. The number of aryl methyl sites for hydroxylation is 1. The highest BCUT2D eigenvalue weighted by Crippen LogP contribution is 2.40. The van der Waals surface area contributed by atoms with E-state index in [9.17, 15) is 0 Å². The summed E-state index contributed by atoms with van der Waals surface area (Å²) in [4.78, 5) is 11.3. The van der Waals surface area contributed by atoms with Gasteiger partial charge in [0, 0.05) is 31.6 Å². The van der Waals surface area contributed by atoms with Crippen LogP contribution in [0.15, 0.2) is 24.4 Å². The number of fused-ring (bicyclic) bond motifs is 1. The van der Waals surface area contributed by atoms with Crippen LogP contribution in [-0.2, 0) is 7.05 Å². The molecule has 1 saturated heterocycles. The van der Waals surface area contributed by atoms with Crippen LogP contribution in [0.3, 0.4) is 0 Å². The first-order valence-corrected chi connectivity index (χ1v) is 8.53. The maximum atomic E-state index is 6.10. The van der Waals surface area contributed by atoms with Gasteiger partial charge in [0.15, 0.2) is 17.1 Å². The predicted octanol–water partition coefficient (Wildman–Crippen LogP) is 1.96. The summed E-state index contributed by atoms with van der Waals surface area (Å²) in [7, 11) is 5.18. The highest BCUT2D eigenvalue weighted by atomic mass is 16.5. The Morgan fingerprint density at radius 2 is 2.04 bits per heavy atom. The molecule has 2 N–H and O–H groups in total. The Kier molecular flexibility index (Phi) is 4.02. The van der Waals surface area contributed by atoms with E-state index in [1.54, 1.807) is 25.1 Å². The van der Waals surface area contributed by atoms with Crippen molar-refractivity contribution in [1.82, 2.24) is 19.7 Å². The van der Waals surface area contributed by atoms with Gasteiger partial charge in [-0.1, -0.05) is 12.1 Å². The Bertz CT molecular complexity index is 954. The van der Waals surface area contributed by atoms with E-state index in [-0.39, 0.29) is 0 Å². The van der Waals surface area contributed by atoms with Crippen LogP contribution < -0.4 is 20.1 Å². The highest BCUT2D eigenvalue weighted by Gasteiger charge is 2.29. The first-order valence-electron chi connectivity index (χ1n) is 8.53. The van der Waals surface area contributed by atoms with Gasteiger partial charge in [0.2, 0.25) is 5.95 Å². The average molecular weight is 354 g/mol. The molecule has 1 aliphatic heterocycles. The molecule has 1 aliphatic rings. The molecule has 4 rings (SSSR count). The van der Waals surface area contributed by atoms with Gasteiger partial charge in [-0.2, -0.15) is 15.1 Å². The smallest absolute Gasteiger partial charge is 0.229 e. The topological polar surface area (TPSA) is 91.3 Å². The number of rotatable bonds is 4. The zero-order valence-electron chi connectivity index (χ0n) is 15.1. The second-order valence-corrected chi connectivity index (χ2v) is 6.43. The number of hydrogen-bond acceptors (Lipinski definition) is 7. The maximum Gasteiger partial charge on any atom is 0.229 e. The lowest BCUT2D eigenvalue weighted by Crippen LogP contribution is -2.22. The lowest BCUT2D eigenvalue weighted by molar-refractivity contribution is 0.350. The third-order valence-corrected chi connectivity index (χ3v) is 4.95. The monoisotopic (exact) mass is 354 g/mol. The minimum Gasteiger partial charge on any atom is -0.493 e. The number of ether oxygens (including phenoxy) is 2. The largest absolute Gasteiger partial charge is 0.493 e. The van der Waals surface area contributed by atoms with Crippen molar-refractivity contribution >= 4 is 22.8 Å². The summed E-state index contributed by atoms with van der Waals surface area (Å²) in [6, 6.07) is 6.00. The quantitative estimate of drug-likeness (QED) is 0.766. The molecule has 0 bridgehead atoms. The molecule has 1 atom stereocenters. The SMILES string of the molecule is COc1cccc(C2CCN(c3nc(N)c4cnn(C)c4n3)C2)c1OC. The number of para-hydroxylation sites is 1. The molecule has 26 heavy (non-hydrogen) atoms. The summed E-state index contributed by atoms with van der Waals surface area (Å²) in [6.07, 6.45) is 2.68. The van der Waals surface area contributed by atoms with E-state index >= 15 is 0 Å². The van der Waals surface area contributed by atoms with Gasteiger partial charge in [0.25, 0.3) is 0 Å². The van der Waals surface area contributed by atoms with Crippen molar-refractivity contribution in [3.8, 4) is 11.5 Å². The van der Waals surface area contributed by atoms with Gasteiger partial charge >= 0.3 is 0 Å². The van der Waals surface area contributed by atoms with E-state index < -0.39 is 0 Å². The van der Waals surface area contributed by atoms with Crippen LogP contribution >= 0.6 is 0 Å². The molecule has 1 aromatic carbocycles. The normalized spacial score (nSPS) is 17.0. The van der Waals surface area contributed by atoms with Crippen molar-refractivity contribution in [3.05, 3.63) is 30.0 Å². The molecule has 0 radical (unpaired) electrons. The summed E-state index contributed by atoms with van der Waals surface area (Å²) in [5, 5.41) is 4.99. The van der Waals surface area contributed by atoms with Gasteiger partial charge < -0.3 is 20.1 Å². The van der Waals surface area contributed by atoms with Crippen LogP contribution in [0.25, 0.3) is 11.0 Å². The van der Waals surface area contributed by atoms with E-state index in [2.05, 4.69) is 26.0 Å². The van der Waals surface area contributed by atoms with Crippen LogP contribution in [0.5, 0.6) is 11.5 Å². The van der Waals surface area contributed by atoms with E-state index in [1.165, 1.54) is 0 Å². The van der Waals surface area contributed by atoms with E-state index in [4.69, 9.17) is 15.2 Å². The van der Waals surface area contributed by atoms with Crippen molar-refractivity contribution in [3.63, 3.8) is 0 Å². The van der Waals surface area contributed by atoms with Crippen molar-refractivity contribution in [2.75, 3.05) is 37.9 Å². The second-order valence-electron chi connectivity index (χ2n) is 6.43. The Morgan fingerprint density at radius 3 is 2.81 bits per heavy atom. The first kappa shape index (κ1) is 16.4. The molecule has 0 saturated carbocycles. The molecule has 1 unspecified atom stereocenters. The molecule has 0 amide bonds. The minimum absolute atomic E-state index is 0.312. The van der Waals surface area contributed by atoms with Gasteiger partial charge in [-0.15, -0.1) is 0 Å². The standard InChI is InChI=1S/C18H22N6O2/c1-23-17-13(9-20-23)16(19)21-18(22-17)24-8-7-11(10-24)12-5-4-6-14(25-2)15(12)26-3/h4-6,9,11H,7-8,10H2,1-3H3,(H2,19,21,22). The van der Waals surface area contributed by atoms with Crippen LogP contribution in [0.1, 0.15) is 17.9 Å². The molecule has 8 heteroatoms. The van der Waals surface area contributed by atoms with Gasteiger partial charge in [-0.3, -0.25) is 4.68 Å². The molecule has 3 aromatic rings. The minimum atomic E-state index is 0.312. The summed E-state index contributed by atoms with van der Waals surface area (Å²) < 4.78 is 12.7. The lowest BCUT2D eigenvalue weighted by atomic mass is 9.97. The summed E-state index contributed by atoms with van der Waals surface area (Å²) in [6.45, 7) is 1.65. The predicted molar refractivity (Wildman–Crippen MR) is 99.8 cm³/mol. The molecular weight excluding hydrogens is 332 g/mol. The zero-order chi connectivity index (χ0) is 18.3. The number of aromatic nitrogens is 4. The number of benzene rings is 1. The highest BCUT2D eigenvalue weighted by molar-refractivity contribution is 5.86. The van der Waals surface area contributed by atoms with Crippen molar-refractivity contribution in [2.45, 2.75) is 12.3 Å². The number of nitrogens with zero attached hydrogens (tertiary/aromatic N) is 5. The summed E-state index contributed by atoms with van der Waals surface area (Å²) >= 11 is 0. The molecule has 0 spiro atoms. The molecule has 0 aliphatic carbocycles. The Morgan fingerprint density at radius 1 is 1.19 bits per heavy atom. The summed E-state index contributed by atoms with van der Waals surface area (Å²) in [5.74, 6) is 2.96. The Labute approximate surface area is 151 Å². The number of nitrogen functional groups attached to an aromatic ring is 1. The molecule has 1 fully saturated rings. The second kappa shape index (κ2) is 6.36. The fraction of sp³-hybridized carbons (Fsp3) is 0.389. The molecule has 8 nitrogen and oxygen atoms in total. The van der Waals surface area contributed by atoms with Gasteiger partial charge in [0.1, 0.15) is 5.82 Å². The Hall–Kier alpha value is -3.03. The summed E-state index contributed by atoms with van der Waals surface area (Å²) in [5.41, 5.74) is 7.99. The van der Waals surface area contributed by atoms with Gasteiger partial charge in [0.05, 0.1) is 25.8 Å². The third-order valence-electron chi connectivity index (χ3n) is 4.95. The van der Waals surface area contributed by atoms with Crippen molar-refractivity contribution < 1.29 is 9.47 Å². The fourth-order valence-electron chi connectivity index (χ4n) is 3.60.